The van der Waals surface area contributed by atoms with Crippen molar-refractivity contribution >= 4 is 40.0 Å². The van der Waals surface area contributed by atoms with Crippen LogP contribution in [0.5, 0.6) is 0 Å². The first-order valence-corrected chi connectivity index (χ1v) is 20.0. The van der Waals surface area contributed by atoms with Gasteiger partial charge in [-0.05, 0) is 29.1 Å². The predicted octanol–water partition coefficient (Wildman–Crippen LogP) is 4.76. The van der Waals surface area contributed by atoms with E-state index in [9.17, 15) is 14.4 Å². The zero-order valence-corrected chi connectivity index (χ0v) is 30.4. The van der Waals surface area contributed by atoms with Crippen LogP contribution >= 0.6 is 0 Å². The van der Waals surface area contributed by atoms with Crippen molar-refractivity contribution in [2.24, 2.45) is 5.92 Å². The number of aromatic amines is 1. The highest BCUT2D eigenvalue weighted by Crippen LogP contribution is 2.49. The molecule has 2 fully saturated rings. The van der Waals surface area contributed by atoms with Crippen molar-refractivity contribution in [1.29, 1.82) is 0 Å². The van der Waals surface area contributed by atoms with Crippen molar-refractivity contribution in [2.75, 3.05) is 19.8 Å². The molecule has 0 saturated carbocycles. The molecule has 2 saturated heterocycles. The minimum absolute atomic E-state index is 0.0481. The fraction of sp³-hybridized carbons (Fsp3) is 0.767. The van der Waals surface area contributed by atoms with E-state index in [1.807, 2.05) is 0 Å². The van der Waals surface area contributed by atoms with Gasteiger partial charge in [-0.2, -0.15) is 0 Å². The topological polar surface area (TPSA) is 153 Å². The van der Waals surface area contributed by atoms with Crippen LogP contribution in [0, 0.1) is 5.92 Å². The molecule has 0 aromatic carbocycles. The quantitative estimate of drug-likeness (QED) is 0.201. The van der Waals surface area contributed by atoms with Crippen molar-refractivity contribution in [2.45, 2.75) is 123 Å². The van der Waals surface area contributed by atoms with Gasteiger partial charge in [0.1, 0.15) is 24.9 Å². The van der Waals surface area contributed by atoms with Crippen molar-refractivity contribution in [3.05, 3.63) is 22.5 Å². The first kappa shape index (κ1) is 35.6. The molecule has 0 aliphatic carbocycles. The molecule has 0 bridgehead atoms. The standard InChI is InChI=1S/C30H50N4O9Si2/c1-12-38-22(35)14-39-26-25-21(13-40-44(17(4)5,18(6)7)43-45(42-25,19(8)9)20(10)11)41-30(26)34-15-31-23-28(34)32-27(33-29(23)37)24(36)16(2)3/h15-21,25-26,30H,12-14H2,1-11H3,(H,32,33,37)/t21-,25-,26-,30-/m1/s1. The first-order valence-electron chi connectivity index (χ1n) is 16.0. The number of esters is 1. The molecule has 4 rings (SSSR count). The third kappa shape index (κ3) is 6.62. The lowest BCUT2D eigenvalue weighted by molar-refractivity contribution is -0.154. The van der Waals surface area contributed by atoms with Crippen molar-refractivity contribution in [3.8, 4) is 0 Å². The highest BCUT2D eigenvalue weighted by molar-refractivity contribution is 6.84. The Labute approximate surface area is 267 Å². The Balaban J connectivity index is 1.87. The second-order valence-corrected chi connectivity index (χ2v) is 22.3. The van der Waals surface area contributed by atoms with E-state index in [1.54, 1.807) is 25.3 Å². The van der Waals surface area contributed by atoms with E-state index >= 15 is 0 Å². The van der Waals surface area contributed by atoms with Gasteiger partial charge in [0.2, 0.25) is 5.78 Å². The highest BCUT2D eigenvalue weighted by Gasteiger charge is 2.62. The van der Waals surface area contributed by atoms with E-state index in [4.69, 9.17) is 27.2 Å². The van der Waals surface area contributed by atoms with Crippen LogP contribution < -0.4 is 5.56 Å². The molecular formula is C30H50N4O9Si2. The second kappa shape index (κ2) is 13.8. The van der Waals surface area contributed by atoms with Gasteiger partial charge in [-0.1, -0.05) is 69.2 Å². The lowest BCUT2D eigenvalue weighted by atomic mass is 10.1. The SMILES string of the molecule is CCOC(=O)CO[C@@H]1[C@@H]2O[Si](C(C)C)(C(C)C)O[Si](C(C)C)(C(C)C)OC[C@H]2O[C@H]1n1cnc2c(=O)[nH]c(C(=O)C(C)C)nc21. The number of imidazole rings is 1. The van der Waals surface area contributed by atoms with Crippen LogP contribution in [-0.4, -0.2) is 86.5 Å². The van der Waals surface area contributed by atoms with Crippen LogP contribution in [0.2, 0.25) is 22.2 Å². The smallest absolute Gasteiger partial charge is 0.335 e. The molecule has 2 aromatic rings. The summed E-state index contributed by atoms with van der Waals surface area (Å²) < 4.78 is 41.2. The number of fused-ring (bicyclic) bond motifs is 2. The number of H-pyrrole nitrogens is 1. The monoisotopic (exact) mass is 666 g/mol. The van der Waals surface area contributed by atoms with Gasteiger partial charge < -0.3 is 32.2 Å². The second-order valence-electron chi connectivity index (χ2n) is 13.5. The molecule has 4 atom stereocenters. The molecule has 4 heterocycles. The van der Waals surface area contributed by atoms with Crippen molar-refractivity contribution < 1.29 is 36.8 Å². The van der Waals surface area contributed by atoms with Crippen LogP contribution in [-0.2, 0) is 32.0 Å². The molecule has 15 heteroatoms. The molecule has 252 valence electrons. The van der Waals surface area contributed by atoms with Crippen LogP contribution in [0.3, 0.4) is 0 Å². The van der Waals surface area contributed by atoms with Crippen LogP contribution in [0.1, 0.15) is 93.0 Å². The third-order valence-electron chi connectivity index (χ3n) is 8.78. The maximum absolute atomic E-state index is 13.0. The highest BCUT2D eigenvalue weighted by atomic mass is 28.5. The molecule has 0 radical (unpaired) electrons. The number of Topliss-reactive ketones (excluding diaryl/α,β-unsaturated/α-hetero) is 1. The molecule has 0 unspecified atom stereocenters. The first-order chi connectivity index (χ1) is 21.1. The van der Waals surface area contributed by atoms with Gasteiger partial charge in [-0.15, -0.1) is 0 Å². The lowest BCUT2D eigenvalue weighted by Crippen LogP contribution is -2.66. The Kier molecular flexibility index (Phi) is 10.9. The van der Waals surface area contributed by atoms with Gasteiger partial charge in [-0.3, -0.25) is 14.2 Å². The number of carbonyl (C=O) groups is 2. The van der Waals surface area contributed by atoms with Gasteiger partial charge in [0, 0.05) is 5.92 Å². The van der Waals surface area contributed by atoms with E-state index < -0.39 is 53.2 Å². The normalized spacial score (nSPS) is 24.9. The molecule has 2 aliphatic rings. The number of ketones is 1. The number of rotatable bonds is 11. The predicted molar refractivity (Wildman–Crippen MR) is 171 cm³/mol. The summed E-state index contributed by atoms with van der Waals surface area (Å²) in [4.78, 5) is 49.7. The summed E-state index contributed by atoms with van der Waals surface area (Å²) in [5.41, 5.74) is 0.0430. The summed E-state index contributed by atoms with van der Waals surface area (Å²) in [6, 6.07) is 0. The van der Waals surface area contributed by atoms with E-state index in [2.05, 4.69) is 70.3 Å². The summed E-state index contributed by atoms with van der Waals surface area (Å²) in [6.07, 6.45) is -1.63. The van der Waals surface area contributed by atoms with Gasteiger partial charge in [0.15, 0.2) is 23.2 Å². The number of hydrogen-bond acceptors (Lipinski definition) is 11. The van der Waals surface area contributed by atoms with Crippen LogP contribution in [0.15, 0.2) is 11.1 Å². The van der Waals surface area contributed by atoms with Gasteiger partial charge in [-0.25, -0.2) is 14.8 Å². The summed E-state index contributed by atoms with van der Waals surface area (Å²) in [5.74, 6) is -1.30. The fourth-order valence-corrected chi connectivity index (χ4v) is 17.6. The molecule has 45 heavy (non-hydrogen) atoms. The lowest BCUT2D eigenvalue weighted by Gasteiger charge is -2.51. The Bertz CT molecular complexity index is 1410. The average Bonchev–Trinajstić information content (AvgIpc) is 3.52. The number of hydrogen-bond donors (Lipinski definition) is 1. The van der Waals surface area contributed by atoms with E-state index in [-0.39, 0.29) is 70.7 Å². The summed E-state index contributed by atoms with van der Waals surface area (Å²) >= 11 is 0. The molecule has 13 nitrogen and oxygen atoms in total. The molecule has 2 aromatic heterocycles. The number of aromatic nitrogens is 4. The molecule has 0 amide bonds. The van der Waals surface area contributed by atoms with Crippen LogP contribution in [0.4, 0.5) is 0 Å². The van der Waals surface area contributed by atoms with Gasteiger partial charge in [0.25, 0.3) is 5.56 Å². The van der Waals surface area contributed by atoms with E-state index in [0.717, 1.165) is 0 Å². The molecule has 1 N–H and O–H groups in total. The summed E-state index contributed by atoms with van der Waals surface area (Å²) in [7, 11) is -5.93. The minimum Gasteiger partial charge on any atom is -0.464 e. The number of nitrogens with one attached hydrogen (secondary N) is 1. The number of nitrogens with zero attached hydrogens (tertiary/aromatic N) is 3. The molecular weight excluding hydrogens is 617 g/mol. The van der Waals surface area contributed by atoms with Crippen LogP contribution in [0.25, 0.3) is 11.2 Å². The largest absolute Gasteiger partial charge is 0.464 e. The Morgan fingerprint density at radius 3 is 2.20 bits per heavy atom. The van der Waals surface area contributed by atoms with Gasteiger partial charge >= 0.3 is 23.1 Å². The molecule has 0 spiro atoms. The maximum Gasteiger partial charge on any atom is 0.335 e. The zero-order valence-electron chi connectivity index (χ0n) is 28.4. The minimum atomic E-state index is -3.07. The van der Waals surface area contributed by atoms with E-state index in [1.165, 1.54) is 6.33 Å². The maximum atomic E-state index is 13.0. The third-order valence-corrected chi connectivity index (χ3v) is 19.0. The van der Waals surface area contributed by atoms with Gasteiger partial charge in [0.05, 0.1) is 19.5 Å². The summed E-state index contributed by atoms with van der Waals surface area (Å²) in [6.45, 7) is 22.3. The molecule has 2 aliphatic heterocycles. The Morgan fingerprint density at radius 2 is 1.64 bits per heavy atom. The average molecular weight is 667 g/mol. The number of ether oxygens (including phenoxy) is 3. The van der Waals surface area contributed by atoms with Crippen molar-refractivity contribution in [1.82, 2.24) is 19.5 Å². The Morgan fingerprint density at radius 1 is 1.02 bits per heavy atom. The number of carbonyl (C=O) groups excluding carboxylic acids is 2. The van der Waals surface area contributed by atoms with E-state index in [0.29, 0.717) is 0 Å². The Hall–Kier alpha value is -2.28. The fourth-order valence-electron chi connectivity index (χ4n) is 6.39. The zero-order chi connectivity index (χ0) is 33.4. The van der Waals surface area contributed by atoms with Crippen molar-refractivity contribution in [3.63, 3.8) is 0 Å². The summed E-state index contributed by atoms with van der Waals surface area (Å²) in [5, 5.41) is 0.